The van der Waals surface area contributed by atoms with Crippen LogP contribution in [0.3, 0.4) is 0 Å². The zero-order chi connectivity index (χ0) is 11.3. The van der Waals surface area contributed by atoms with Crippen LogP contribution in [-0.4, -0.2) is 48.9 Å². The molecule has 2 radical (unpaired) electrons. The number of hydrogen-bond donors (Lipinski definition) is 4. The minimum absolute atomic E-state index is 0.289. The van der Waals surface area contributed by atoms with Crippen molar-refractivity contribution in [2.45, 2.75) is 4.94 Å². The Hall–Kier alpha value is -1.11. The predicted octanol–water partition coefficient (Wildman–Crippen LogP) is 0.437. The van der Waals surface area contributed by atoms with E-state index in [9.17, 15) is 4.79 Å². The van der Waals surface area contributed by atoms with Crippen molar-refractivity contribution >= 4 is 28.5 Å². The normalized spacial score (nSPS) is 8.71. The molecule has 0 fully saturated rings. The van der Waals surface area contributed by atoms with Gasteiger partial charge in [-0.3, -0.25) is 0 Å². The van der Waals surface area contributed by atoms with Crippen LogP contribution in [0.4, 0.5) is 0 Å². The first-order valence-corrected chi connectivity index (χ1v) is 6.88. The van der Waals surface area contributed by atoms with Gasteiger partial charge in [0, 0.05) is 0 Å². The second-order valence-corrected chi connectivity index (χ2v) is 2.17. The monoisotopic (exact) mass is 306 g/mol. The quantitative estimate of drug-likeness (QED) is 0.446. The van der Waals surface area contributed by atoms with Crippen molar-refractivity contribution in [2.75, 3.05) is 0 Å². The summed E-state index contributed by atoms with van der Waals surface area (Å²) in [7, 11) is 0. The van der Waals surface area contributed by atoms with Crippen LogP contribution < -0.4 is 0 Å². The predicted molar refractivity (Wildman–Crippen MR) is 51.4 cm³/mol. The number of rotatable bonds is 1. The Bertz CT molecular complexity index is 313. The number of carbonyl (C=O) groups is 1. The molecule has 5 nitrogen and oxygen atoms in total. The van der Waals surface area contributed by atoms with Gasteiger partial charge in [-0.1, -0.05) is 0 Å². The molecule has 1 aromatic carbocycles. The van der Waals surface area contributed by atoms with E-state index < -0.39 is 23.2 Å². The molecular weight excluding hydrogens is 295 g/mol. The fourth-order valence-electron chi connectivity index (χ4n) is 0.728. The molecule has 0 atom stereocenters. The molecule has 0 aliphatic rings. The summed E-state index contributed by atoms with van der Waals surface area (Å²) in [6, 6.07) is 1.69. The van der Waals surface area contributed by atoms with E-state index >= 15 is 0 Å². The summed E-state index contributed by atoms with van der Waals surface area (Å²) in [6.07, 6.45) is 0. The SMILES string of the molecule is O=C(O)c1cc(O)c(O)c(O)c1.[CH3][SnH]. The molecule has 0 heterocycles. The number of aromatic hydroxyl groups is 3. The first-order valence-electron chi connectivity index (χ1n) is 3.58. The number of aromatic carboxylic acids is 1. The fourth-order valence-corrected chi connectivity index (χ4v) is 0.728. The molecule has 0 unspecified atom stereocenters. The molecule has 0 saturated heterocycles. The molecule has 0 aliphatic carbocycles. The van der Waals surface area contributed by atoms with Crippen molar-refractivity contribution in [2.24, 2.45) is 0 Å². The van der Waals surface area contributed by atoms with Gasteiger partial charge in [-0.2, -0.15) is 0 Å². The van der Waals surface area contributed by atoms with E-state index in [4.69, 9.17) is 20.4 Å². The Labute approximate surface area is 93.7 Å². The molecule has 0 aromatic heterocycles. The van der Waals surface area contributed by atoms with Crippen molar-refractivity contribution in [3.63, 3.8) is 0 Å². The van der Waals surface area contributed by atoms with E-state index in [1.807, 2.05) is 0 Å². The molecule has 4 N–H and O–H groups in total. The van der Waals surface area contributed by atoms with Gasteiger partial charge < -0.3 is 20.4 Å². The average molecular weight is 305 g/mol. The third-order valence-corrected chi connectivity index (χ3v) is 1.32. The maximum absolute atomic E-state index is 10.3. The maximum atomic E-state index is 10.3. The van der Waals surface area contributed by atoms with Gasteiger partial charge in [0.1, 0.15) is 0 Å². The van der Waals surface area contributed by atoms with Crippen LogP contribution >= 0.6 is 0 Å². The van der Waals surface area contributed by atoms with Gasteiger partial charge >= 0.3 is 33.4 Å². The van der Waals surface area contributed by atoms with Gasteiger partial charge in [0.25, 0.3) is 0 Å². The number of carboxylic acids is 1. The van der Waals surface area contributed by atoms with Gasteiger partial charge in [-0.25, -0.2) is 4.79 Å². The number of carboxylic acid groups (broad SMARTS) is 1. The summed E-state index contributed by atoms with van der Waals surface area (Å²) in [4.78, 5) is 12.4. The first kappa shape index (κ1) is 12.9. The summed E-state index contributed by atoms with van der Waals surface area (Å²) in [5, 5.41) is 35.0. The van der Waals surface area contributed by atoms with E-state index in [0.717, 1.165) is 12.1 Å². The minimum atomic E-state index is -1.29. The van der Waals surface area contributed by atoms with Gasteiger partial charge in [-0.05, 0) is 12.1 Å². The zero-order valence-electron chi connectivity index (χ0n) is 7.43. The van der Waals surface area contributed by atoms with Gasteiger partial charge in [0.15, 0.2) is 17.2 Å². The molecule has 1 aromatic rings. The summed E-state index contributed by atoms with van der Waals surface area (Å²) in [5.41, 5.74) is -0.289. The van der Waals surface area contributed by atoms with Crippen LogP contribution in [-0.2, 0) is 0 Å². The average Bonchev–Trinajstić information content (AvgIpc) is 2.16. The number of hydrogen-bond acceptors (Lipinski definition) is 4. The molecule has 1 rings (SSSR count). The van der Waals surface area contributed by atoms with E-state index in [-0.39, 0.29) is 5.56 Å². The second-order valence-electron chi connectivity index (χ2n) is 2.17. The van der Waals surface area contributed by atoms with Gasteiger partial charge in [-0.15, -0.1) is 0 Å². The number of phenols is 3. The molecular formula is C8H10O5Sn. The standard InChI is InChI=1S/C7H6O5.CH3.Sn.H/c8-4-1-3(7(11)12)2-5(9)6(4)10;;;/h1-2,8-10H,(H,11,12);1H3;;. The van der Waals surface area contributed by atoms with Crippen LogP contribution in [0.25, 0.3) is 0 Å². The Morgan fingerprint density at radius 2 is 1.50 bits per heavy atom. The van der Waals surface area contributed by atoms with Crippen molar-refractivity contribution in [3.8, 4) is 17.2 Å². The van der Waals surface area contributed by atoms with Crippen molar-refractivity contribution in [3.05, 3.63) is 17.7 Å². The Balaban J connectivity index is 0.000000791. The van der Waals surface area contributed by atoms with Crippen LogP contribution in [0.2, 0.25) is 4.94 Å². The van der Waals surface area contributed by atoms with Crippen molar-refractivity contribution in [1.82, 2.24) is 0 Å². The number of phenolic OH excluding ortho intramolecular Hbond substituents is 3. The molecule has 0 amide bonds. The second kappa shape index (κ2) is 5.58. The fraction of sp³-hybridized carbons (Fsp3) is 0.125. The summed E-state index contributed by atoms with van der Waals surface area (Å²) < 4.78 is 0. The Kier molecular flexibility index (Phi) is 5.14. The van der Waals surface area contributed by atoms with Crippen molar-refractivity contribution in [1.29, 1.82) is 0 Å². The Morgan fingerprint density at radius 1 is 1.14 bits per heavy atom. The van der Waals surface area contributed by atoms with E-state index in [1.165, 1.54) is 22.5 Å². The molecule has 14 heavy (non-hydrogen) atoms. The summed E-state index contributed by atoms with van der Waals surface area (Å²) in [6.45, 7) is 0. The van der Waals surface area contributed by atoms with Crippen LogP contribution in [0.15, 0.2) is 12.1 Å². The van der Waals surface area contributed by atoms with E-state index in [2.05, 4.69) is 4.94 Å². The third kappa shape index (κ3) is 2.98. The van der Waals surface area contributed by atoms with Crippen LogP contribution in [0, 0.1) is 0 Å². The molecule has 0 aliphatic heterocycles. The van der Waals surface area contributed by atoms with E-state index in [1.54, 1.807) is 0 Å². The van der Waals surface area contributed by atoms with Crippen LogP contribution in [0.1, 0.15) is 10.4 Å². The van der Waals surface area contributed by atoms with Gasteiger partial charge in [0.05, 0.1) is 5.56 Å². The molecule has 76 valence electrons. The zero-order valence-corrected chi connectivity index (χ0v) is 10.7. The molecule has 0 bridgehead atoms. The summed E-state index contributed by atoms with van der Waals surface area (Å²) in [5.74, 6) is -3.33. The van der Waals surface area contributed by atoms with E-state index in [0.29, 0.717) is 0 Å². The van der Waals surface area contributed by atoms with Crippen LogP contribution in [0.5, 0.6) is 17.2 Å². The summed E-state index contributed by atoms with van der Waals surface area (Å²) >= 11 is 1.35. The topological polar surface area (TPSA) is 98.0 Å². The molecule has 6 heteroatoms. The molecule has 0 spiro atoms. The molecule has 0 saturated carbocycles. The first-order chi connectivity index (χ1) is 6.52. The van der Waals surface area contributed by atoms with Gasteiger partial charge in [0.2, 0.25) is 0 Å². The Morgan fingerprint density at radius 3 is 1.79 bits per heavy atom. The number of benzene rings is 1. The third-order valence-electron chi connectivity index (χ3n) is 1.32. The van der Waals surface area contributed by atoms with Crippen molar-refractivity contribution < 1.29 is 25.2 Å².